The number of aromatic carboxylic acids is 1. The highest BCUT2D eigenvalue weighted by Gasteiger charge is 2.15. The van der Waals surface area contributed by atoms with E-state index in [1.54, 1.807) is 22.0 Å². The average Bonchev–Trinajstić information content (AvgIpc) is 3.08. The molecule has 0 saturated carbocycles. The highest BCUT2D eigenvalue weighted by molar-refractivity contribution is 7.10. The second-order valence-corrected chi connectivity index (χ2v) is 7.17. The highest BCUT2D eigenvalue weighted by atomic mass is 32.1. The van der Waals surface area contributed by atoms with Gasteiger partial charge in [-0.3, -0.25) is 4.79 Å². The van der Waals surface area contributed by atoms with Gasteiger partial charge >= 0.3 is 5.97 Å². The van der Waals surface area contributed by atoms with E-state index in [0.717, 1.165) is 16.3 Å². The molecule has 0 radical (unpaired) electrons. The number of benzene rings is 1. The molecule has 0 fully saturated rings. The number of aromatic nitrogens is 2. The first-order valence-corrected chi connectivity index (χ1v) is 9.33. The Hall–Kier alpha value is -2.73. The minimum atomic E-state index is -1.10. The van der Waals surface area contributed by atoms with Crippen LogP contribution in [0.1, 0.15) is 53.4 Å². The van der Waals surface area contributed by atoms with E-state index >= 15 is 0 Å². The Bertz CT molecular complexity index is 1060. The van der Waals surface area contributed by atoms with Crippen LogP contribution in [0, 0.1) is 0 Å². The van der Waals surface area contributed by atoms with Crippen LogP contribution in [0.4, 0.5) is 0 Å². The van der Waals surface area contributed by atoms with Crippen LogP contribution in [-0.2, 0) is 6.54 Å². The number of hydrogen-bond acceptors (Lipinski definition) is 4. The van der Waals surface area contributed by atoms with Crippen LogP contribution in [0.3, 0.4) is 0 Å². The fourth-order valence-electron chi connectivity index (χ4n) is 2.92. The van der Waals surface area contributed by atoms with E-state index < -0.39 is 5.97 Å². The number of aryl methyl sites for hydroxylation is 1. The molecule has 0 aliphatic heterocycles. The minimum absolute atomic E-state index is 0.00706. The Morgan fingerprint density at radius 3 is 2.73 bits per heavy atom. The number of carboxylic acids is 1. The van der Waals surface area contributed by atoms with Crippen LogP contribution in [0.25, 0.3) is 23.1 Å². The van der Waals surface area contributed by atoms with E-state index in [-0.39, 0.29) is 11.1 Å². The number of carboxylic acid groups (broad SMARTS) is 1. The molecule has 0 unspecified atom stereocenters. The number of thiazole rings is 1. The second-order valence-electron chi connectivity index (χ2n) is 6.28. The number of rotatable bonds is 5. The van der Waals surface area contributed by atoms with Gasteiger partial charge in [0.05, 0.1) is 16.6 Å². The molecule has 0 aliphatic rings. The molecule has 5 nitrogen and oxygen atoms in total. The van der Waals surface area contributed by atoms with Crippen molar-refractivity contribution in [2.24, 2.45) is 0 Å². The maximum Gasteiger partial charge on any atom is 0.352 e. The molecule has 0 saturated heterocycles. The van der Waals surface area contributed by atoms with Crippen molar-refractivity contribution in [1.29, 1.82) is 0 Å². The molecule has 0 aliphatic carbocycles. The Balaban J connectivity index is 2.13. The summed E-state index contributed by atoms with van der Waals surface area (Å²) >= 11 is 1.56. The van der Waals surface area contributed by atoms with Crippen LogP contribution >= 0.6 is 11.3 Å². The monoisotopic (exact) mass is 368 g/mol. The minimum Gasteiger partial charge on any atom is -0.477 e. The molecule has 0 spiro atoms. The molecule has 3 aromatic rings. The summed E-state index contributed by atoms with van der Waals surface area (Å²) in [4.78, 5) is 28.6. The van der Waals surface area contributed by atoms with Gasteiger partial charge in [0.2, 0.25) is 0 Å². The summed E-state index contributed by atoms with van der Waals surface area (Å²) in [6.07, 6.45) is 3.76. The second kappa shape index (κ2) is 7.25. The highest BCUT2D eigenvalue weighted by Crippen LogP contribution is 2.22. The fraction of sp³-hybridized carbons (Fsp3) is 0.250. The van der Waals surface area contributed by atoms with Gasteiger partial charge in [0.25, 0.3) is 0 Å². The van der Waals surface area contributed by atoms with Crippen molar-refractivity contribution in [2.75, 3.05) is 0 Å². The number of hydrogen-bond donors (Lipinski definition) is 1. The topological polar surface area (TPSA) is 72.2 Å². The van der Waals surface area contributed by atoms with Gasteiger partial charge < -0.3 is 9.67 Å². The summed E-state index contributed by atoms with van der Waals surface area (Å²) in [6.45, 7) is 6.53. The summed E-state index contributed by atoms with van der Waals surface area (Å²) in [7, 11) is 0. The van der Waals surface area contributed by atoms with Crippen molar-refractivity contribution in [3.8, 4) is 0 Å². The van der Waals surface area contributed by atoms with E-state index in [1.807, 2.05) is 36.6 Å². The first-order chi connectivity index (χ1) is 12.4. The number of pyridine rings is 1. The summed E-state index contributed by atoms with van der Waals surface area (Å²) in [5.41, 5.74) is 2.15. The number of nitrogens with zero attached hydrogens (tertiary/aromatic N) is 2. The van der Waals surface area contributed by atoms with E-state index in [9.17, 15) is 14.7 Å². The molecule has 6 heteroatoms. The van der Waals surface area contributed by atoms with Crippen molar-refractivity contribution in [2.45, 2.75) is 33.2 Å². The first-order valence-electron chi connectivity index (χ1n) is 8.45. The molecular weight excluding hydrogens is 348 g/mol. The normalized spacial score (nSPS) is 11.7. The fourth-order valence-corrected chi connectivity index (χ4v) is 3.79. The molecule has 0 amide bonds. The van der Waals surface area contributed by atoms with Crippen molar-refractivity contribution >= 4 is 40.4 Å². The molecule has 2 heterocycles. The van der Waals surface area contributed by atoms with Gasteiger partial charge in [0, 0.05) is 18.0 Å². The molecule has 1 N–H and O–H groups in total. The van der Waals surface area contributed by atoms with E-state index in [0.29, 0.717) is 23.4 Å². The molecule has 134 valence electrons. The molecule has 26 heavy (non-hydrogen) atoms. The van der Waals surface area contributed by atoms with Gasteiger partial charge in [-0.2, -0.15) is 0 Å². The zero-order chi connectivity index (χ0) is 18.8. The van der Waals surface area contributed by atoms with Gasteiger partial charge in [0.1, 0.15) is 10.7 Å². The Labute approximate surface area is 155 Å². The third-order valence-corrected chi connectivity index (χ3v) is 5.07. The lowest BCUT2D eigenvalue weighted by molar-refractivity contribution is 0.0685. The smallest absolute Gasteiger partial charge is 0.352 e. The van der Waals surface area contributed by atoms with Gasteiger partial charge in [-0.1, -0.05) is 32.1 Å². The molecule has 1 aromatic carbocycles. The molecule has 3 rings (SSSR count). The Morgan fingerprint density at radius 1 is 1.35 bits per heavy atom. The summed E-state index contributed by atoms with van der Waals surface area (Å²) in [5.74, 6) is -0.729. The average molecular weight is 368 g/mol. The van der Waals surface area contributed by atoms with Crippen molar-refractivity contribution in [3.63, 3.8) is 0 Å². The van der Waals surface area contributed by atoms with E-state index in [1.165, 1.54) is 6.07 Å². The lowest BCUT2D eigenvalue weighted by atomic mass is 10.1. The Kier molecular flexibility index (Phi) is 5.04. The maximum atomic E-state index is 12.6. The molecular formula is C20H20N2O3S. The first kappa shape index (κ1) is 18.1. The zero-order valence-corrected chi connectivity index (χ0v) is 15.7. The SMILES string of the molecule is CCn1c(C(=O)O)cc(=O)c2c(C=Cc3nc(C(C)C)cs3)cccc21. The van der Waals surface area contributed by atoms with Crippen molar-refractivity contribution in [1.82, 2.24) is 9.55 Å². The number of carbonyl (C=O) groups is 1. The lowest BCUT2D eigenvalue weighted by Gasteiger charge is -2.13. The van der Waals surface area contributed by atoms with Crippen LogP contribution < -0.4 is 5.43 Å². The molecule has 0 bridgehead atoms. The molecule has 0 atom stereocenters. The van der Waals surface area contributed by atoms with Crippen LogP contribution in [0.2, 0.25) is 0 Å². The van der Waals surface area contributed by atoms with Gasteiger partial charge in [-0.15, -0.1) is 11.3 Å². The van der Waals surface area contributed by atoms with Crippen molar-refractivity contribution in [3.05, 3.63) is 61.8 Å². The maximum absolute atomic E-state index is 12.6. The van der Waals surface area contributed by atoms with Crippen LogP contribution in [0.5, 0.6) is 0 Å². The van der Waals surface area contributed by atoms with E-state index in [2.05, 4.69) is 18.8 Å². The van der Waals surface area contributed by atoms with Crippen LogP contribution in [-0.4, -0.2) is 20.6 Å². The van der Waals surface area contributed by atoms with Gasteiger partial charge in [0.15, 0.2) is 5.43 Å². The third kappa shape index (κ3) is 3.32. The summed E-state index contributed by atoms with van der Waals surface area (Å²) in [5, 5.41) is 12.8. The van der Waals surface area contributed by atoms with Gasteiger partial charge in [-0.25, -0.2) is 9.78 Å². The van der Waals surface area contributed by atoms with Gasteiger partial charge in [-0.05, 0) is 30.5 Å². The Morgan fingerprint density at radius 2 is 2.12 bits per heavy atom. The van der Waals surface area contributed by atoms with Crippen molar-refractivity contribution < 1.29 is 9.90 Å². The van der Waals surface area contributed by atoms with Crippen LogP contribution in [0.15, 0.2) is 34.4 Å². The summed E-state index contributed by atoms with van der Waals surface area (Å²) in [6, 6.07) is 6.67. The van der Waals surface area contributed by atoms with E-state index in [4.69, 9.17) is 0 Å². The molecule has 2 aromatic heterocycles. The quantitative estimate of drug-likeness (QED) is 0.721. The zero-order valence-electron chi connectivity index (χ0n) is 14.9. The number of fused-ring (bicyclic) bond motifs is 1. The largest absolute Gasteiger partial charge is 0.477 e. The third-order valence-electron chi connectivity index (χ3n) is 4.24. The predicted octanol–water partition coefficient (Wildman–Crippen LogP) is 4.47. The lowest BCUT2D eigenvalue weighted by Crippen LogP contribution is -2.18. The predicted molar refractivity (Wildman–Crippen MR) is 106 cm³/mol. The summed E-state index contributed by atoms with van der Waals surface area (Å²) < 4.78 is 1.65. The standard InChI is InChI=1S/C20H20N2O3S/c1-4-22-15-7-5-6-13(19(15)17(23)10-16(22)20(24)25)8-9-18-21-14(11-26-18)12(2)3/h5-12H,4H2,1-3H3,(H,24,25).